The number of rotatable bonds is 4. The SMILES string of the molecule is NC(=S)c1ccccc1O[C@@H]1[C@@H](O)[C@@H](O)[C@@H](CO)O[C@@H]1O. The Morgan fingerprint density at radius 2 is 1.90 bits per heavy atom. The first kappa shape index (κ1) is 16.1. The third kappa shape index (κ3) is 3.31. The molecule has 1 saturated heterocycles. The molecular formula is C13H17NO6S. The quantitative estimate of drug-likeness (QED) is 0.425. The van der Waals surface area contributed by atoms with Gasteiger partial charge in [0.1, 0.15) is 29.0 Å². The summed E-state index contributed by atoms with van der Waals surface area (Å²) >= 11 is 4.90. The summed E-state index contributed by atoms with van der Waals surface area (Å²) in [5.74, 6) is 0.256. The second kappa shape index (κ2) is 6.65. The molecule has 0 spiro atoms. The zero-order chi connectivity index (χ0) is 15.6. The molecule has 1 fully saturated rings. The minimum Gasteiger partial charge on any atom is -0.482 e. The Morgan fingerprint density at radius 3 is 2.52 bits per heavy atom. The molecule has 0 aliphatic carbocycles. The average Bonchev–Trinajstić information content (AvgIpc) is 2.47. The molecule has 5 atom stereocenters. The van der Waals surface area contributed by atoms with E-state index in [2.05, 4.69) is 0 Å². The molecule has 0 aromatic heterocycles. The van der Waals surface area contributed by atoms with Crippen LogP contribution in [-0.2, 0) is 4.74 Å². The second-order valence-corrected chi connectivity index (χ2v) is 5.11. The van der Waals surface area contributed by atoms with Crippen molar-refractivity contribution in [1.29, 1.82) is 0 Å². The molecule has 116 valence electrons. The molecule has 0 radical (unpaired) electrons. The van der Waals surface area contributed by atoms with Crippen molar-refractivity contribution in [1.82, 2.24) is 0 Å². The van der Waals surface area contributed by atoms with Crippen LogP contribution >= 0.6 is 12.2 Å². The molecule has 0 saturated carbocycles. The van der Waals surface area contributed by atoms with Crippen molar-refractivity contribution >= 4 is 17.2 Å². The molecule has 2 rings (SSSR count). The molecule has 21 heavy (non-hydrogen) atoms. The van der Waals surface area contributed by atoms with E-state index in [1.165, 1.54) is 0 Å². The molecule has 0 unspecified atom stereocenters. The van der Waals surface area contributed by atoms with Crippen LogP contribution in [0.25, 0.3) is 0 Å². The molecule has 1 heterocycles. The minimum atomic E-state index is -1.51. The molecule has 6 N–H and O–H groups in total. The lowest BCUT2D eigenvalue weighted by atomic mass is 9.99. The Hall–Kier alpha value is -1.29. The smallest absolute Gasteiger partial charge is 0.195 e. The summed E-state index contributed by atoms with van der Waals surface area (Å²) in [6, 6.07) is 6.58. The van der Waals surface area contributed by atoms with Gasteiger partial charge in [0.2, 0.25) is 0 Å². The number of aliphatic hydroxyl groups is 4. The lowest BCUT2D eigenvalue weighted by Gasteiger charge is -2.40. The highest BCUT2D eigenvalue weighted by atomic mass is 32.1. The van der Waals surface area contributed by atoms with Crippen molar-refractivity contribution in [2.24, 2.45) is 5.73 Å². The number of hydrogen-bond acceptors (Lipinski definition) is 7. The van der Waals surface area contributed by atoms with Crippen LogP contribution in [0.3, 0.4) is 0 Å². The van der Waals surface area contributed by atoms with E-state index in [1.54, 1.807) is 24.3 Å². The van der Waals surface area contributed by atoms with Gasteiger partial charge in [0.05, 0.1) is 12.2 Å². The van der Waals surface area contributed by atoms with Gasteiger partial charge in [0.25, 0.3) is 0 Å². The number of thiocarbonyl (C=S) groups is 1. The first-order chi connectivity index (χ1) is 9.95. The topological polar surface area (TPSA) is 125 Å². The van der Waals surface area contributed by atoms with E-state index in [4.69, 9.17) is 32.5 Å². The van der Waals surface area contributed by atoms with Crippen molar-refractivity contribution in [3.63, 3.8) is 0 Å². The Kier molecular flexibility index (Phi) is 5.09. The lowest BCUT2D eigenvalue weighted by molar-refractivity contribution is -0.280. The van der Waals surface area contributed by atoms with E-state index < -0.39 is 37.3 Å². The standard InChI is InChI=1S/C13H17NO6S/c14-12(21)6-3-1-2-4-7(6)19-11-10(17)9(16)8(5-15)20-13(11)18/h1-4,8-11,13,15-18H,5H2,(H2,14,21)/t8-,9+,10+,11-,13+/m1/s1. The summed E-state index contributed by atoms with van der Waals surface area (Å²) in [7, 11) is 0. The van der Waals surface area contributed by atoms with Gasteiger partial charge in [-0.25, -0.2) is 0 Å². The molecule has 1 aliphatic heterocycles. The summed E-state index contributed by atoms with van der Waals surface area (Å²) in [5.41, 5.74) is 6.01. The number of para-hydroxylation sites is 1. The van der Waals surface area contributed by atoms with Crippen LogP contribution < -0.4 is 10.5 Å². The van der Waals surface area contributed by atoms with Gasteiger partial charge in [0.15, 0.2) is 12.4 Å². The zero-order valence-corrected chi connectivity index (χ0v) is 11.8. The molecule has 8 heteroatoms. The van der Waals surface area contributed by atoms with Crippen molar-refractivity contribution in [2.45, 2.75) is 30.7 Å². The van der Waals surface area contributed by atoms with E-state index in [1.807, 2.05) is 0 Å². The second-order valence-electron chi connectivity index (χ2n) is 4.67. The average molecular weight is 315 g/mol. The van der Waals surface area contributed by atoms with Crippen LogP contribution in [0.2, 0.25) is 0 Å². The zero-order valence-electron chi connectivity index (χ0n) is 11.0. The maximum Gasteiger partial charge on any atom is 0.195 e. The van der Waals surface area contributed by atoms with E-state index in [0.29, 0.717) is 5.56 Å². The number of aliphatic hydroxyl groups excluding tert-OH is 4. The highest BCUT2D eigenvalue weighted by Crippen LogP contribution is 2.26. The Morgan fingerprint density at radius 1 is 1.24 bits per heavy atom. The van der Waals surface area contributed by atoms with Crippen molar-refractivity contribution in [3.8, 4) is 5.75 Å². The largest absolute Gasteiger partial charge is 0.482 e. The van der Waals surface area contributed by atoms with Gasteiger partial charge in [-0.05, 0) is 12.1 Å². The monoisotopic (exact) mass is 315 g/mol. The van der Waals surface area contributed by atoms with Gasteiger partial charge in [-0.15, -0.1) is 0 Å². The number of hydrogen-bond donors (Lipinski definition) is 5. The highest BCUT2D eigenvalue weighted by Gasteiger charge is 2.45. The summed E-state index contributed by atoms with van der Waals surface area (Å²) < 4.78 is 10.5. The maximum absolute atomic E-state index is 10.0. The van der Waals surface area contributed by atoms with Crippen LogP contribution in [0.1, 0.15) is 5.56 Å². The van der Waals surface area contributed by atoms with Gasteiger partial charge in [-0.2, -0.15) is 0 Å². The fourth-order valence-corrected chi connectivity index (χ4v) is 2.29. The number of ether oxygens (including phenoxy) is 2. The Labute approximate surface area is 126 Å². The molecular weight excluding hydrogens is 298 g/mol. The van der Waals surface area contributed by atoms with Crippen LogP contribution in [0.5, 0.6) is 5.75 Å². The Balaban J connectivity index is 2.21. The van der Waals surface area contributed by atoms with Crippen molar-refractivity contribution < 1.29 is 29.9 Å². The van der Waals surface area contributed by atoms with E-state index in [9.17, 15) is 15.3 Å². The van der Waals surface area contributed by atoms with Crippen LogP contribution in [0, 0.1) is 0 Å². The molecule has 7 nitrogen and oxygen atoms in total. The molecule has 1 aromatic carbocycles. The van der Waals surface area contributed by atoms with Gasteiger partial charge in [-0.1, -0.05) is 24.4 Å². The normalized spacial score (nSPS) is 32.7. The van der Waals surface area contributed by atoms with Crippen LogP contribution in [0.15, 0.2) is 24.3 Å². The highest BCUT2D eigenvalue weighted by molar-refractivity contribution is 7.80. The summed E-state index contributed by atoms with van der Waals surface area (Å²) in [4.78, 5) is 0.0973. The van der Waals surface area contributed by atoms with E-state index >= 15 is 0 Å². The van der Waals surface area contributed by atoms with Gasteiger partial charge in [0, 0.05) is 0 Å². The molecule has 1 aliphatic rings. The predicted octanol–water partition coefficient (Wildman–Crippen LogP) is -1.50. The molecule has 0 amide bonds. The Bertz CT molecular complexity index is 513. The third-order valence-corrected chi connectivity index (χ3v) is 3.48. The van der Waals surface area contributed by atoms with Crippen molar-refractivity contribution in [3.05, 3.63) is 29.8 Å². The summed E-state index contributed by atoms with van der Waals surface area (Å²) in [6.07, 6.45) is -6.66. The molecule has 0 bridgehead atoms. The van der Waals surface area contributed by atoms with Gasteiger partial charge >= 0.3 is 0 Å². The number of benzene rings is 1. The summed E-state index contributed by atoms with van der Waals surface area (Å²) in [5, 5.41) is 38.7. The predicted molar refractivity (Wildman–Crippen MR) is 76.7 cm³/mol. The van der Waals surface area contributed by atoms with Gasteiger partial charge in [-0.3, -0.25) is 0 Å². The van der Waals surface area contributed by atoms with Crippen LogP contribution in [-0.4, -0.2) is 62.7 Å². The molecule has 1 aromatic rings. The minimum absolute atomic E-state index is 0.0973. The fourth-order valence-electron chi connectivity index (χ4n) is 2.12. The first-order valence-corrected chi connectivity index (χ1v) is 6.72. The van der Waals surface area contributed by atoms with Crippen LogP contribution in [0.4, 0.5) is 0 Å². The third-order valence-electron chi connectivity index (χ3n) is 3.26. The summed E-state index contributed by atoms with van der Waals surface area (Å²) in [6.45, 7) is -0.536. The maximum atomic E-state index is 10.0. The lowest BCUT2D eigenvalue weighted by Crippen LogP contribution is -2.60. The van der Waals surface area contributed by atoms with E-state index in [-0.39, 0.29) is 10.7 Å². The first-order valence-electron chi connectivity index (χ1n) is 6.31. The fraction of sp³-hybridized carbons (Fsp3) is 0.462. The van der Waals surface area contributed by atoms with Gasteiger partial charge < -0.3 is 35.6 Å². The number of nitrogens with two attached hydrogens (primary N) is 1. The van der Waals surface area contributed by atoms with Crippen molar-refractivity contribution in [2.75, 3.05) is 6.61 Å². The van der Waals surface area contributed by atoms with E-state index in [0.717, 1.165) is 0 Å².